The summed E-state index contributed by atoms with van der Waals surface area (Å²) in [5.74, 6) is -12.4. The summed E-state index contributed by atoms with van der Waals surface area (Å²) in [7, 11) is 0. The maximum Gasteiger partial charge on any atom is 3.00 e. The summed E-state index contributed by atoms with van der Waals surface area (Å²) in [6.45, 7) is 0. The molecular formula is C12H12Dy2O18. The van der Waals surface area contributed by atoms with Crippen LogP contribution in [0.2, 0.25) is 0 Å². The molecule has 0 bridgehead atoms. The predicted octanol–water partition coefficient (Wildman–Crippen LogP) is -14.4. The van der Waals surface area contributed by atoms with Gasteiger partial charge in [0.25, 0.3) is 0 Å². The molecule has 6 N–H and O–H groups in total. The molecule has 18 nitrogen and oxygen atoms in total. The number of hydrogen-bond acceptors (Lipinski definition) is 18. The number of rotatable bonds is 9. The zero-order valence-corrected chi connectivity index (χ0v) is 18.7. The monoisotopic (exact) mass is 772 g/mol. The van der Waals surface area contributed by atoms with Crippen molar-refractivity contribution in [1.82, 2.24) is 0 Å². The van der Waals surface area contributed by atoms with E-state index in [1.54, 1.807) is 0 Å². The molecule has 0 fully saturated rings. The van der Waals surface area contributed by atoms with Gasteiger partial charge in [0.1, 0.15) is 36.6 Å². The number of aliphatic carboxylic acids is 6. The Labute approximate surface area is 236 Å². The van der Waals surface area contributed by atoms with E-state index in [9.17, 15) is 59.4 Å². The molecule has 0 spiro atoms. The average Bonchev–Trinajstić information content (AvgIpc) is 2.64. The molecule has 0 aliphatic heterocycles. The molecule has 2 radical (unpaired) electrons. The fourth-order valence-electron chi connectivity index (χ4n) is 0.773. The van der Waals surface area contributed by atoms with E-state index in [0.29, 0.717) is 0 Å². The van der Waals surface area contributed by atoms with Crippen molar-refractivity contribution in [2.75, 3.05) is 0 Å². The summed E-state index contributed by atoms with van der Waals surface area (Å²) in [6.07, 6.45) is -14.6. The number of carboxylic acid groups (broad SMARTS) is 6. The number of hydrogen-bond donors (Lipinski definition) is 6. The Morgan fingerprint density at radius 3 is 0.438 bits per heavy atom. The van der Waals surface area contributed by atoms with Crippen molar-refractivity contribution >= 4 is 35.8 Å². The molecular weight excluding hydrogens is 757 g/mol. The van der Waals surface area contributed by atoms with E-state index in [4.69, 9.17) is 30.6 Å². The Morgan fingerprint density at radius 1 is 0.344 bits per heavy atom. The number of carbonyl (C=O) groups is 6. The Kier molecular flexibility index (Phi) is 26.8. The molecule has 20 heteroatoms. The van der Waals surface area contributed by atoms with Crippen LogP contribution in [0, 0.1) is 76.3 Å². The van der Waals surface area contributed by atoms with Crippen molar-refractivity contribution < 1.29 is 166 Å². The maximum atomic E-state index is 9.63. The largest absolute Gasteiger partial charge is 3.00 e. The number of carbonyl (C=O) groups excluding carboxylic acids is 6. The van der Waals surface area contributed by atoms with Crippen LogP contribution in [0.1, 0.15) is 0 Å². The second-order valence-electron chi connectivity index (χ2n) is 4.58. The first-order valence-corrected chi connectivity index (χ1v) is 6.73. The third-order valence-electron chi connectivity index (χ3n) is 2.35. The van der Waals surface area contributed by atoms with Crippen molar-refractivity contribution in [3.63, 3.8) is 0 Å². The minimum atomic E-state index is -2.44. The topological polar surface area (TPSA) is 362 Å². The molecule has 0 aromatic heterocycles. The van der Waals surface area contributed by atoms with Gasteiger partial charge < -0.3 is 90.0 Å². The summed E-state index contributed by atoms with van der Waals surface area (Å²) in [5, 5.41) is 107. The van der Waals surface area contributed by atoms with Gasteiger partial charge in [0.15, 0.2) is 0 Å². The van der Waals surface area contributed by atoms with Crippen LogP contribution in [0.4, 0.5) is 0 Å². The summed E-state index contributed by atoms with van der Waals surface area (Å²) in [6, 6.07) is 0. The quantitative estimate of drug-likeness (QED) is 0.127. The molecule has 32 heavy (non-hydrogen) atoms. The smallest absolute Gasteiger partial charge is 0.547 e. The minimum Gasteiger partial charge on any atom is -0.547 e. The van der Waals surface area contributed by atoms with Gasteiger partial charge in [0.2, 0.25) is 0 Å². The van der Waals surface area contributed by atoms with E-state index in [2.05, 4.69) is 0 Å². The van der Waals surface area contributed by atoms with Crippen LogP contribution in [0.3, 0.4) is 0 Å². The normalized spacial score (nSPS) is 14.8. The van der Waals surface area contributed by atoms with Crippen molar-refractivity contribution in [2.24, 2.45) is 0 Å². The predicted molar refractivity (Wildman–Crippen MR) is 66.1 cm³/mol. The molecule has 0 aliphatic carbocycles. The first kappa shape index (κ1) is 41.4. The second-order valence-corrected chi connectivity index (χ2v) is 4.58. The van der Waals surface area contributed by atoms with Gasteiger partial charge in [-0.25, -0.2) is 0 Å². The summed E-state index contributed by atoms with van der Waals surface area (Å²) < 4.78 is 0. The SMILES string of the molecule is O=C([O-])C(O)C(O)C(=O)[O-].O=C([O-])C(O)C(O)C(=O)[O-].O=C([O-])C(O)C(O)C(=O)[O-].[Dy+3].[Dy+3]. The average molecular weight is 769 g/mol. The number of aliphatic hydroxyl groups excluding tert-OH is 6. The van der Waals surface area contributed by atoms with Crippen LogP contribution < -0.4 is 30.6 Å². The van der Waals surface area contributed by atoms with Crippen molar-refractivity contribution in [3.05, 3.63) is 0 Å². The van der Waals surface area contributed by atoms with Crippen LogP contribution in [-0.2, 0) is 28.8 Å². The van der Waals surface area contributed by atoms with Crippen LogP contribution in [0.15, 0.2) is 0 Å². The molecule has 0 rings (SSSR count). The van der Waals surface area contributed by atoms with E-state index < -0.39 is 72.4 Å². The summed E-state index contributed by atoms with van der Waals surface area (Å²) >= 11 is 0. The van der Waals surface area contributed by atoms with Gasteiger partial charge >= 0.3 is 76.3 Å². The van der Waals surface area contributed by atoms with Crippen LogP contribution in [-0.4, -0.2) is 103 Å². The van der Waals surface area contributed by atoms with Crippen molar-refractivity contribution in [1.29, 1.82) is 0 Å². The van der Waals surface area contributed by atoms with E-state index >= 15 is 0 Å². The number of carboxylic acids is 6. The fourth-order valence-corrected chi connectivity index (χ4v) is 0.773. The Hall–Kier alpha value is -0.875. The summed E-state index contributed by atoms with van der Waals surface area (Å²) in [4.78, 5) is 57.8. The molecule has 6 unspecified atom stereocenters. The Balaban J connectivity index is -0.000000110. The first-order chi connectivity index (χ1) is 13.4. The molecule has 0 aromatic carbocycles. The summed E-state index contributed by atoms with van der Waals surface area (Å²) in [5.41, 5.74) is 0. The Morgan fingerprint density at radius 2 is 0.406 bits per heavy atom. The van der Waals surface area contributed by atoms with Crippen molar-refractivity contribution in [2.45, 2.75) is 36.6 Å². The van der Waals surface area contributed by atoms with Crippen LogP contribution in [0.25, 0.3) is 0 Å². The van der Waals surface area contributed by atoms with Gasteiger partial charge in [-0.2, -0.15) is 0 Å². The van der Waals surface area contributed by atoms with Gasteiger partial charge in [-0.05, 0) is 0 Å². The zero-order chi connectivity index (χ0) is 24.9. The molecule has 0 aromatic rings. The standard InChI is InChI=1S/3C4H6O6.2Dy/c3*5-1(3(7)8)2(6)4(9)10;;/h3*1-2,5-6H,(H,7,8)(H,9,10);;/q;;;2*+3/p-6. The van der Waals surface area contributed by atoms with Gasteiger partial charge in [-0.1, -0.05) is 0 Å². The zero-order valence-electron chi connectivity index (χ0n) is 14.7. The van der Waals surface area contributed by atoms with Crippen LogP contribution in [0.5, 0.6) is 0 Å². The van der Waals surface area contributed by atoms with Gasteiger partial charge in [0, 0.05) is 0 Å². The molecule has 0 amide bonds. The molecule has 0 heterocycles. The Bertz CT molecular complexity index is 498. The van der Waals surface area contributed by atoms with Gasteiger partial charge in [-0.3, -0.25) is 0 Å². The van der Waals surface area contributed by atoms with Crippen molar-refractivity contribution in [3.8, 4) is 0 Å². The number of aliphatic hydroxyl groups is 6. The van der Waals surface area contributed by atoms with E-state index in [1.807, 2.05) is 0 Å². The van der Waals surface area contributed by atoms with E-state index in [0.717, 1.165) is 0 Å². The second kappa shape index (κ2) is 20.7. The first-order valence-electron chi connectivity index (χ1n) is 6.73. The molecule has 0 aliphatic rings. The van der Waals surface area contributed by atoms with E-state index in [1.165, 1.54) is 0 Å². The third-order valence-corrected chi connectivity index (χ3v) is 2.35. The van der Waals surface area contributed by atoms with E-state index in [-0.39, 0.29) is 76.3 Å². The molecule has 0 saturated heterocycles. The molecule has 6 atom stereocenters. The molecule has 188 valence electrons. The maximum absolute atomic E-state index is 9.63. The third kappa shape index (κ3) is 18.7. The minimum absolute atomic E-state index is 0. The van der Waals surface area contributed by atoms with Gasteiger partial charge in [-0.15, -0.1) is 0 Å². The fraction of sp³-hybridized carbons (Fsp3) is 0.500. The van der Waals surface area contributed by atoms with Gasteiger partial charge in [0.05, 0.1) is 35.8 Å². The van der Waals surface area contributed by atoms with Crippen LogP contribution >= 0.6 is 0 Å². The molecule has 0 saturated carbocycles.